The number of methoxy groups -OCH3 is 2. The van der Waals surface area contributed by atoms with Crippen molar-refractivity contribution in [1.82, 2.24) is 14.5 Å². The molecule has 0 radical (unpaired) electrons. The highest BCUT2D eigenvalue weighted by Crippen LogP contribution is 2.35. The van der Waals surface area contributed by atoms with E-state index in [1.54, 1.807) is 14.2 Å². The summed E-state index contributed by atoms with van der Waals surface area (Å²) in [5.74, 6) is 0.0742. The Labute approximate surface area is 150 Å². The van der Waals surface area contributed by atoms with Crippen LogP contribution in [0.3, 0.4) is 0 Å². The van der Waals surface area contributed by atoms with Crippen molar-refractivity contribution in [2.24, 2.45) is 7.05 Å². The Kier molecular flexibility index (Phi) is 4.46. The molecule has 7 nitrogen and oxygen atoms in total. The van der Waals surface area contributed by atoms with Crippen LogP contribution in [0.5, 0.6) is 5.75 Å². The van der Waals surface area contributed by atoms with E-state index in [2.05, 4.69) is 9.97 Å². The lowest BCUT2D eigenvalue weighted by molar-refractivity contribution is 0.0594. The molecule has 3 rings (SSSR count). The molecule has 3 aromatic rings. The maximum absolute atomic E-state index is 12.6. The van der Waals surface area contributed by atoms with Crippen molar-refractivity contribution >= 4 is 16.9 Å². The zero-order chi connectivity index (χ0) is 19.0. The lowest BCUT2D eigenvalue weighted by Crippen LogP contribution is -2.19. The van der Waals surface area contributed by atoms with Crippen LogP contribution in [-0.4, -0.2) is 34.7 Å². The summed E-state index contributed by atoms with van der Waals surface area (Å²) in [7, 11) is 4.47. The van der Waals surface area contributed by atoms with Crippen LogP contribution in [-0.2, 0) is 11.8 Å². The van der Waals surface area contributed by atoms with Crippen molar-refractivity contribution in [3.63, 3.8) is 0 Å². The quantitative estimate of drug-likeness (QED) is 0.673. The molecule has 7 heteroatoms. The van der Waals surface area contributed by atoms with Gasteiger partial charge in [-0.25, -0.2) is 14.8 Å². The summed E-state index contributed by atoms with van der Waals surface area (Å²) in [5.41, 5.74) is 3.24. The molecule has 0 aliphatic carbocycles. The molecule has 0 N–H and O–H groups in total. The Hall–Kier alpha value is -3.22. The molecule has 0 saturated heterocycles. The van der Waals surface area contributed by atoms with Crippen molar-refractivity contribution < 1.29 is 14.3 Å². The van der Waals surface area contributed by atoms with E-state index in [1.807, 2.05) is 26.0 Å². The number of ether oxygens (including phenoxy) is 2. The van der Waals surface area contributed by atoms with Crippen LogP contribution >= 0.6 is 0 Å². The van der Waals surface area contributed by atoms with E-state index in [9.17, 15) is 9.59 Å². The first kappa shape index (κ1) is 17.6. The van der Waals surface area contributed by atoms with Crippen molar-refractivity contribution in [3.05, 3.63) is 51.7 Å². The standard InChI is InChI=1S/C19H19N3O4/c1-10-6-7-14(25-4)11(2)15(10)17-16-12(18(23)22(3)9-20-16)8-13(21-17)19(24)26-5/h6-9H,1-5H3. The van der Waals surface area contributed by atoms with Crippen LogP contribution in [0, 0.1) is 13.8 Å². The molecular weight excluding hydrogens is 334 g/mol. The number of esters is 1. The average molecular weight is 353 g/mol. The minimum Gasteiger partial charge on any atom is -0.496 e. The maximum atomic E-state index is 12.6. The smallest absolute Gasteiger partial charge is 0.356 e. The molecule has 0 atom stereocenters. The fourth-order valence-electron chi connectivity index (χ4n) is 3.02. The summed E-state index contributed by atoms with van der Waals surface area (Å²) < 4.78 is 11.6. The first-order valence-corrected chi connectivity index (χ1v) is 7.98. The molecule has 0 saturated carbocycles. The van der Waals surface area contributed by atoms with E-state index in [0.717, 1.165) is 16.7 Å². The Morgan fingerprint density at radius 3 is 2.58 bits per heavy atom. The summed E-state index contributed by atoms with van der Waals surface area (Å²) in [5, 5.41) is 0.307. The van der Waals surface area contributed by atoms with E-state index in [0.29, 0.717) is 22.3 Å². The van der Waals surface area contributed by atoms with E-state index in [-0.39, 0.29) is 11.3 Å². The van der Waals surface area contributed by atoms with Gasteiger partial charge in [-0.15, -0.1) is 0 Å². The van der Waals surface area contributed by atoms with Crippen molar-refractivity contribution in [1.29, 1.82) is 0 Å². The van der Waals surface area contributed by atoms with E-state index >= 15 is 0 Å². The Balaban J connectivity index is 2.49. The largest absolute Gasteiger partial charge is 0.496 e. The van der Waals surface area contributed by atoms with Gasteiger partial charge in [0.2, 0.25) is 0 Å². The number of aryl methyl sites for hydroxylation is 2. The molecule has 134 valence electrons. The third kappa shape index (κ3) is 2.71. The molecule has 26 heavy (non-hydrogen) atoms. The van der Waals surface area contributed by atoms with Gasteiger partial charge in [-0.1, -0.05) is 6.07 Å². The summed E-state index contributed by atoms with van der Waals surface area (Å²) >= 11 is 0. The van der Waals surface area contributed by atoms with Gasteiger partial charge >= 0.3 is 5.97 Å². The number of pyridine rings is 1. The number of nitrogens with zero attached hydrogens (tertiary/aromatic N) is 3. The van der Waals surface area contributed by atoms with Crippen LogP contribution in [0.4, 0.5) is 0 Å². The second kappa shape index (κ2) is 6.59. The van der Waals surface area contributed by atoms with Gasteiger partial charge in [0, 0.05) is 18.2 Å². The van der Waals surface area contributed by atoms with Gasteiger partial charge < -0.3 is 14.0 Å². The normalized spacial score (nSPS) is 10.8. The van der Waals surface area contributed by atoms with Gasteiger partial charge in [-0.2, -0.15) is 0 Å². The van der Waals surface area contributed by atoms with Gasteiger partial charge in [0.05, 0.1) is 31.6 Å². The van der Waals surface area contributed by atoms with Crippen molar-refractivity contribution in [3.8, 4) is 17.0 Å². The zero-order valence-electron chi connectivity index (χ0n) is 15.3. The Morgan fingerprint density at radius 2 is 1.92 bits per heavy atom. The number of fused-ring (bicyclic) bond motifs is 1. The maximum Gasteiger partial charge on any atom is 0.356 e. The van der Waals surface area contributed by atoms with Crippen LogP contribution in [0.15, 0.2) is 29.3 Å². The number of benzene rings is 1. The predicted molar refractivity (Wildman–Crippen MR) is 97.6 cm³/mol. The molecule has 0 amide bonds. The molecule has 0 unspecified atom stereocenters. The minimum atomic E-state index is -0.614. The SMILES string of the molecule is COC(=O)c1cc2c(=O)n(C)cnc2c(-c2c(C)ccc(OC)c2C)n1. The third-order valence-corrected chi connectivity index (χ3v) is 4.38. The molecule has 0 fully saturated rings. The van der Waals surface area contributed by atoms with Crippen LogP contribution in [0.1, 0.15) is 21.6 Å². The van der Waals surface area contributed by atoms with Crippen molar-refractivity contribution in [2.45, 2.75) is 13.8 Å². The van der Waals surface area contributed by atoms with Gasteiger partial charge in [-0.3, -0.25) is 4.79 Å². The van der Waals surface area contributed by atoms with Gasteiger partial charge in [0.1, 0.15) is 17.0 Å². The lowest BCUT2D eigenvalue weighted by atomic mass is 9.97. The van der Waals surface area contributed by atoms with Gasteiger partial charge in [-0.05, 0) is 31.5 Å². The van der Waals surface area contributed by atoms with Crippen LogP contribution < -0.4 is 10.3 Å². The average Bonchev–Trinajstić information content (AvgIpc) is 2.64. The molecule has 0 aliphatic heterocycles. The second-order valence-corrected chi connectivity index (χ2v) is 5.99. The molecule has 0 aliphatic rings. The fraction of sp³-hybridized carbons (Fsp3) is 0.263. The number of carbonyl (C=O) groups is 1. The lowest BCUT2D eigenvalue weighted by Gasteiger charge is -2.15. The van der Waals surface area contributed by atoms with E-state index in [4.69, 9.17) is 9.47 Å². The summed E-state index contributed by atoms with van der Waals surface area (Å²) in [6.07, 6.45) is 1.44. The summed E-state index contributed by atoms with van der Waals surface area (Å²) in [6, 6.07) is 5.19. The number of aromatic nitrogens is 3. The Bertz CT molecular complexity index is 1090. The first-order valence-electron chi connectivity index (χ1n) is 7.98. The van der Waals surface area contributed by atoms with Gasteiger partial charge in [0.25, 0.3) is 5.56 Å². The highest BCUT2D eigenvalue weighted by atomic mass is 16.5. The molecular formula is C19H19N3O4. The van der Waals surface area contributed by atoms with E-state index < -0.39 is 5.97 Å². The molecule has 1 aromatic carbocycles. The summed E-state index contributed by atoms with van der Waals surface area (Å²) in [4.78, 5) is 33.5. The number of hydrogen-bond acceptors (Lipinski definition) is 6. The fourth-order valence-corrected chi connectivity index (χ4v) is 3.02. The molecule has 0 spiro atoms. The highest BCUT2D eigenvalue weighted by Gasteiger charge is 2.20. The zero-order valence-corrected chi connectivity index (χ0v) is 15.3. The third-order valence-electron chi connectivity index (χ3n) is 4.38. The molecule has 2 heterocycles. The monoisotopic (exact) mass is 353 g/mol. The van der Waals surface area contributed by atoms with Crippen LogP contribution in [0.25, 0.3) is 22.2 Å². The van der Waals surface area contributed by atoms with Crippen molar-refractivity contribution in [2.75, 3.05) is 14.2 Å². The van der Waals surface area contributed by atoms with E-state index in [1.165, 1.54) is 24.1 Å². The van der Waals surface area contributed by atoms with Gasteiger partial charge in [0.15, 0.2) is 0 Å². The van der Waals surface area contributed by atoms with Crippen LogP contribution in [0.2, 0.25) is 0 Å². The number of rotatable bonds is 3. The number of hydrogen-bond donors (Lipinski definition) is 0. The first-order chi connectivity index (χ1) is 12.4. The summed E-state index contributed by atoms with van der Waals surface area (Å²) in [6.45, 7) is 3.84. The Morgan fingerprint density at radius 1 is 1.19 bits per heavy atom. The number of carbonyl (C=O) groups excluding carboxylic acids is 1. The minimum absolute atomic E-state index is 0.0571. The highest BCUT2D eigenvalue weighted by molar-refractivity contribution is 5.98. The predicted octanol–water partition coefficient (Wildman–Crippen LogP) is 2.41. The molecule has 2 aromatic heterocycles. The molecule has 0 bridgehead atoms. The second-order valence-electron chi connectivity index (χ2n) is 5.99. The topological polar surface area (TPSA) is 83.3 Å².